The van der Waals surface area contributed by atoms with E-state index >= 15 is 0 Å². The second-order valence-electron chi connectivity index (χ2n) is 11.2. The molecule has 200 valence electrons. The predicted molar refractivity (Wildman–Crippen MR) is 147 cm³/mol. The molecule has 7 nitrogen and oxygen atoms in total. The first-order valence-corrected chi connectivity index (χ1v) is 14.4. The smallest absolute Gasteiger partial charge is 0.410 e. The molecule has 1 N–H and O–H groups in total. The van der Waals surface area contributed by atoms with Crippen LogP contribution < -0.4 is 9.62 Å². The highest BCUT2D eigenvalue weighted by molar-refractivity contribution is 7.92. The van der Waals surface area contributed by atoms with Crippen LogP contribution >= 0.6 is 0 Å². The third-order valence-corrected chi connectivity index (χ3v) is 9.07. The predicted octanol–water partition coefficient (Wildman–Crippen LogP) is 5.22. The number of rotatable bonds is 7. The molecule has 0 bridgehead atoms. The van der Waals surface area contributed by atoms with E-state index in [1.165, 1.54) is 0 Å². The Morgan fingerprint density at radius 2 is 1.78 bits per heavy atom. The number of nitrogens with zero attached hydrogens (tertiary/aromatic N) is 2. The zero-order valence-electron chi connectivity index (χ0n) is 22.4. The first-order valence-electron chi connectivity index (χ1n) is 13.0. The van der Waals surface area contributed by atoms with Gasteiger partial charge in [0.15, 0.2) is 0 Å². The van der Waals surface area contributed by atoms with Gasteiger partial charge in [-0.3, -0.25) is 4.31 Å². The van der Waals surface area contributed by atoms with E-state index in [0.29, 0.717) is 31.1 Å². The summed E-state index contributed by atoms with van der Waals surface area (Å²) in [5, 5.41) is 3.77. The van der Waals surface area contributed by atoms with E-state index in [2.05, 4.69) is 11.9 Å². The Balaban J connectivity index is 1.48. The highest BCUT2D eigenvalue weighted by Crippen LogP contribution is 2.40. The van der Waals surface area contributed by atoms with Crippen molar-refractivity contribution in [3.05, 3.63) is 72.3 Å². The molecule has 0 radical (unpaired) electrons. The largest absolute Gasteiger partial charge is 0.444 e. The number of para-hydroxylation sites is 1. The summed E-state index contributed by atoms with van der Waals surface area (Å²) in [6.45, 7) is 13.8. The number of anilines is 1. The molecule has 1 saturated heterocycles. The number of hydrogen-bond donors (Lipinski definition) is 1. The average molecular weight is 526 g/mol. The van der Waals surface area contributed by atoms with E-state index in [4.69, 9.17) is 4.74 Å². The van der Waals surface area contributed by atoms with Crippen molar-refractivity contribution in [1.82, 2.24) is 10.2 Å². The van der Waals surface area contributed by atoms with Crippen LogP contribution in [0.3, 0.4) is 0 Å². The van der Waals surface area contributed by atoms with Gasteiger partial charge < -0.3 is 15.0 Å². The van der Waals surface area contributed by atoms with Gasteiger partial charge >= 0.3 is 6.09 Å². The standard InChI is InChI=1S/C29H39N3O4S/c1-6-15-29(16-18-31(19-17-29)27(33)36-28(3,4)5)30-20-23-21-32(26-10-8-7-9-25(23)26)37(34,35)24-13-11-22(2)12-14-24/h6-14,23,30H,1,15-21H2,2-5H3. The molecule has 0 aliphatic carbocycles. The van der Waals surface area contributed by atoms with Gasteiger partial charge in [0, 0.05) is 37.6 Å². The summed E-state index contributed by atoms with van der Waals surface area (Å²) in [5.74, 6) is 0.0157. The van der Waals surface area contributed by atoms with Crippen molar-refractivity contribution in [2.75, 3.05) is 30.5 Å². The molecule has 2 aliphatic rings. The number of piperidine rings is 1. The minimum Gasteiger partial charge on any atom is -0.444 e. The Kier molecular flexibility index (Phi) is 7.72. The lowest BCUT2D eigenvalue weighted by Gasteiger charge is -2.43. The molecule has 2 aromatic carbocycles. The van der Waals surface area contributed by atoms with E-state index in [9.17, 15) is 13.2 Å². The van der Waals surface area contributed by atoms with Crippen molar-refractivity contribution in [3.8, 4) is 0 Å². The first-order chi connectivity index (χ1) is 17.4. The summed E-state index contributed by atoms with van der Waals surface area (Å²) in [6, 6.07) is 14.8. The Morgan fingerprint density at radius 1 is 1.14 bits per heavy atom. The van der Waals surface area contributed by atoms with E-state index in [-0.39, 0.29) is 17.6 Å². The molecule has 0 saturated carbocycles. The number of ether oxygens (including phenoxy) is 1. The Labute approximate surface area is 221 Å². The molecule has 8 heteroatoms. The average Bonchev–Trinajstić information content (AvgIpc) is 3.22. The Bertz CT molecular complexity index is 1230. The van der Waals surface area contributed by atoms with Gasteiger partial charge in [-0.2, -0.15) is 0 Å². The summed E-state index contributed by atoms with van der Waals surface area (Å²) in [4.78, 5) is 14.6. The van der Waals surface area contributed by atoms with Crippen LogP contribution in [-0.4, -0.2) is 56.7 Å². The highest BCUT2D eigenvalue weighted by Gasteiger charge is 2.40. The quantitative estimate of drug-likeness (QED) is 0.501. The number of carbonyl (C=O) groups is 1. The molecule has 1 unspecified atom stereocenters. The Hall–Kier alpha value is -2.84. The van der Waals surface area contributed by atoms with Crippen LogP contribution in [-0.2, 0) is 14.8 Å². The maximum Gasteiger partial charge on any atom is 0.410 e. The van der Waals surface area contributed by atoms with Gasteiger partial charge in [0.25, 0.3) is 10.0 Å². The van der Waals surface area contributed by atoms with Crippen molar-refractivity contribution in [2.24, 2.45) is 0 Å². The van der Waals surface area contributed by atoms with Gasteiger partial charge in [-0.25, -0.2) is 13.2 Å². The number of nitrogens with one attached hydrogen (secondary N) is 1. The first kappa shape index (κ1) is 27.2. The van der Waals surface area contributed by atoms with Crippen LogP contribution in [0.15, 0.2) is 66.1 Å². The number of aryl methyl sites for hydroxylation is 1. The monoisotopic (exact) mass is 525 g/mol. The highest BCUT2D eigenvalue weighted by atomic mass is 32.2. The zero-order valence-corrected chi connectivity index (χ0v) is 23.2. The van der Waals surface area contributed by atoms with Crippen LogP contribution in [0.5, 0.6) is 0 Å². The van der Waals surface area contributed by atoms with E-state index in [1.54, 1.807) is 21.3 Å². The van der Waals surface area contributed by atoms with Crippen molar-refractivity contribution in [3.63, 3.8) is 0 Å². The molecule has 4 rings (SSSR count). The number of benzene rings is 2. The molecule has 1 atom stereocenters. The number of hydrogen-bond acceptors (Lipinski definition) is 5. The number of sulfonamides is 1. The van der Waals surface area contributed by atoms with Crippen LogP contribution in [0.1, 0.15) is 57.1 Å². The molecule has 0 aromatic heterocycles. The van der Waals surface area contributed by atoms with E-state index in [0.717, 1.165) is 36.1 Å². The van der Waals surface area contributed by atoms with E-state index < -0.39 is 15.6 Å². The van der Waals surface area contributed by atoms with Gasteiger partial charge in [0.05, 0.1) is 10.6 Å². The molecule has 2 heterocycles. The maximum absolute atomic E-state index is 13.6. The van der Waals surface area contributed by atoms with Gasteiger partial charge in [0.1, 0.15) is 5.60 Å². The number of amides is 1. The summed E-state index contributed by atoms with van der Waals surface area (Å²) in [5.41, 5.74) is 2.08. The second-order valence-corrected chi connectivity index (χ2v) is 13.1. The lowest BCUT2D eigenvalue weighted by Crippen LogP contribution is -2.55. The fourth-order valence-electron chi connectivity index (χ4n) is 5.21. The summed E-state index contributed by atoms with van der Waals surface area (Å²) in [7, 11) is -3.67. The fraction of sp³-hybridized carbons (Fsp3) is 0.483. The molecule has 1 fully saturated rings. The summed E-state index contributed by atoms with van der Waals surface area (Å²) in [6.07, 6.45) is 3.97. The minimum absolute atomic E-state index is 0.0157. The third-order valence-electron chi connectivity index (χ3n) is 7.27. The lowest BCUT2D eigenvalue weighted by molar-refractivity contribution is 0.0147. The lowest BCUT2D eigenvalue weighted by atomic mass is 9.83. The molecular weight excluding hydrogens is 486 g/mol. The zero-order chi connectivity index (χ0) is 26.8. The molecule has 37 heavy (non-hydrogen) atoms. The SMILES string of the molecule is C=CCC1(NCC2CN(S(=O)(=O)c3ccc(C)cc3)c3ccccc32)CCN(C(=O)OC(C)(C)C)CC1. The fourth-order valence-corrected chi connectivity index (χ4v) is 6.75. The van der Waals surface area contributed by atoms with Gasteiger partial charge in [-0.05, 0) is 70.7 Å². The molecule has 2 aliphatic heterocycles. The van der Waals surface area contributed by atoms with Gasteiger partial charge in [-0.15, -0.1) is 6.58 Å². The summed E-state index contributed by atoms with van der Waals surface area (Å²) < 4.78 is 34.2. The molecular formula is C29H39N3O4S. The van der Waals surface area contributed by atoms with Crippen molar-refractivity contribution >= 4 is 21.8 Å². The van der Waals surface area contributed by atoms with Crippen LogP contribution in [0.2, 0.25) is 0 Å². The second kappa shape index (κ2) is 10.5. The minimum atomic E-state index is -3.67. The van der Waals surface area contributed by atoms with Crippen molar-refractivity contribution in [1.29, 1.82) is 0 Å². The van der Waals surface area contributed by atoms with Crippen LogP contribution in [0.4, 0.5) is 10.5 Å². The topological polar surface area (TPSA) is 79.0 Å². The molecule has 1 amide bonds. The van der Waals surface area contributed by atoms with Gasteiger partial charge in [0.2, 0.25) is 0 Å². The third kappa shape index (κ3) is 6.02. The maximum atomic E-state index is 13.6. The number of likely N-dealkylation sites (tertiary alicyclic amines) is 1. The number of fused-ring (bicyclic) bond motifs is 1. The summed E-state index contributed by atoms with van der Waals surface area (Å²) >= 11 is 0. The van der Waals surface area contributed by atoms with Crippen LogP contribution in [0, 0.1) is 6.92 Å². The van der Waals surface area contributed by atoms with Crippen LogP contribution in [0.25, 0.3) is 0 Å². The van der Waals surface area contributed by atoms with Crippen molar-refractivity contribution in [2.45, 2.75) is 68.9 Å². The van der Waals surface area contributed by atoms with E-state index in [1.807, 2.05) is 70.2 Å². The Morgan fingerprint density at radius 3 is 2.41 bits per heavy atom. The molecule has 2 aromatic rings. The molecule has 0 spiro atoms. The van der Waals surface area contributed by atoms with Crippen molar-refractivity contribution < 1.29 is 17.9 Å². The number of carbonyl (C=O) groups excluding carboxylic acids is 1. The normalized spacial score (nSPS) is 19.4. The van der Waals surface area contributed by atoms with Gasteiger partial charge in [-0.1, -0.05) is 42.0 Å².